The molecule has 0 aliphatic rings. The van der Waals surface area contributed by atoms with Crippen molar-refractivity contribution in [3.05, 3.63) is 41.6 Å². The summed E-state index contributed by atoms with van der Waals surface area (Å²) in [6.45, 7) is 15.4. The molecule has 1 aromatic carbocycles. The normalized spacial score (nSPS) is 12.1. The van der Waals surface area contributed by atoms with Crippen LogP contribution in [0.2, 0.25) is 0 Å². The molecule has 0 saturated heterocycles. The molecule has 25 heavy (non-hydrogen) atoms. The average Bonchev–Trinajstić information content (AvgIpc) is 2.46. The van der Waals surface area contributed by atoms with Crippen molar-refractivity contribution in [1.29, 1.82) is 0 Å². The standard InChI is InChI=1S/C21H32N4/c1-8-16-13-18(25-21(6,7)14-20(3,4)5)24-19(22-16)23-17-11-9-15(2)10-12-17/h9-13H,8,14H2,1-7H3,(H2,22,23,24,25). The second-order valence-electron chi connectivity index (χ2n) is 8.66. The minimum Gasteiger partial charge on any atom is -0.365 e. The van der Waals surface area contributed by atoms with E-state index >= 15 is 0 Å². The van der Waals surface area contributed by atoms with Crippen LogP contribution in [0.25, 0.3) is 0 Å². The van der Waals surface area contributed by atoms with E-state index in [2.05, 4.69) is 81.2 Å². The van der Waals surface area contributed by atoms with Crippen molar-refractivity contribution in [2.24, 2.45) is 5.41 Å². The topological polar surface area (TPSA) is 49.8 Å². The summed E-state index contributed by atoms with van der Waals surface area (Å²) in [5.41, 5.74) is 3.47. The number of hydrogen-bond donors (Lipinski definition) is 2. The van der Waals surface area contributed by atoms with E-state index in [4.69, 9.17) is 0 Å². The largest absolute Gasteiger partial charge is 0.365 e. The van der Waals surface area contributed by atoms with Gasteiger partial charge in [0, 0.05) is 23.0 Å². The van der Waals surface area contributed by atoms with Gasteiger partial charge in [0.1, 0.15) is 5.82 Å². The first kappa shape index (κ1) is 19.2. The van der Waals surface area contributed by atoms with Crippen LogP contribution in [0.4, 0.5) is 17.5 Å². The number of benzene rings is 1. The number of aromatic nitrogens is 2. The van der Waals surface area contributed by atoms with Crippen molar-refractivity contribution >= 4 is 17.5 Å². The predicted molar refractivity (Wildman–Crippen MR) is 108 cm³/mol. The number of hydrogen-bond acceptors (Lipinski definition) is 4. The van der Waals surface area contributed by atoms with Gasteiger partial charge in [-0.25, -0.2) is 4.98 Å². The van der Waals surface area contributed by atoms with Crippen LogP contribution >= 0.6 is 0 Å². The Kier molecular flexibility index (Phi) is 5.71. The molecule has 0 unspecified atom stereocenters. The van der Waals surface area contributed by atoms with Gasteiger partial charge in [-0.15, -0.1) is 0 Å². The third kappa shape index (κ3) is 6.37. The first-order chi connectivity index (χ1) is 11.6. The Morgan fingerprint density at radius 3 is 2.16 bits per heavy atom. The zero-order valence-electron chi connectivity index (χ0n) is 16.7. The number of nitrogens with one attached hydrogen (secondary N) is 2. The smallest absolute Gasteiger partial charge is 0.229 e. The number of aryl methyl sites for hydroxylation is 2. The first-order valence-electron chi connectivity index (χ1n) is 9.06. The molecule has 0 fully saturated rings. The molecule has 136 valence electrons. The third-order valence-corrected chi connectivity index (χ3v) is 3.89. The van der Waals surface area contributed by atoms with Crippen LogP contribution in [-0.4, -0.2) is 15.5 Å². The molecule has 0 aliphatic carbocycles. The number of nitrogens with zero attached hydrogens (tertiary/aromatic N) is 2. The maximum absolute atomic E-state index is 4.68. The highest BCUT2D eigenvalue weighted by Gasteiger charge is 2.25. The molecule has 0 saturated carbocycles. The van der Waals surface area contributed by atoms with E-state index in [0.29, 0.717) is 5.95 Å². The molecule has 0 radical (unpaired) electrons. The van der Waals surface area contributed by atoms with Crippen LogP contribution in [0.5, 0.6) is 0 Å². The minimum absolute atomic E-state index is 0.0429. The Hall–Kier alpha value is -2.10. The lowest BCUT2D eigenvalue weighted by molar-refractivity contribution is 0.302. The van der Waals surface area contributed by atoms with Gasteiger partial charge < -0.3 is 10.6 Å². The molecule has 0 atom stereocenters. The van der Waals surface area contributed by atoms with E-state index in [1.165, 1.54) is 5.56 Å². The molecule has 2 N–H and O–H groups in total. The molecule has 0 spiro atoms. The zero-order valence-corrected chi connectivity index (χ0v) is 16.7. The van der Waals surface area contributed by atoms with Crippen molar-refractivity contribution in [2.45, 2.75) is 66.8 Å². The number of anilines is 3. The molecule has 2 rings (SSSR count). The van der Waals surface area contributed by atoms with Crippen LogP contribution in [0.3, 0.4) is 0 Å². The van der Waals surface area contributed by atoms with Crippen molar-refractivity contribution < 1.29 is 0 Å². The van der Waals surface area contributed by atoms with Gasteiger partial charge in [0.25, 0.3) is 0 Å². The average molecular weight is 341 g/mol. The highest BCUT2D eigenvalue weighted by Crippen LogP contribution is 2.29. The van der Waals surface area contributed by atoms with E-state index in [9.17, 15) is 0 Å². The van der Waals surface area contributed by atoms with E-state index in [0.717, 1.165) is 30.0 Å². The lowest BCUT2D eigenvalue weighted by Gasteiger charge is -2.33. The van der Waals surface area contributed by atoms with Gasteiger partial charge in [0.15, 0.2) is 0 Å². The van der Waals surface area contributed by atoms with E-state index in [-0.39, 0.29) is 11.0 Å². The van der Waals surface area contributed by atoms with Crippen molar-refractivity contribution in [3.63, 3.8) is 0 Å². The van der Waals surface area contributed by atoms with Gasteiger partial charge >= 0.3 is 0 Å². The maximum atomic E-state index is 4.68. The fourth-order valence-electron chi connectivity index (χ4n) is 3.28. The molecule has 1 aromatic heterocycles. The second kappa shape index (κ2) is 7.42. The lowest BCUT2D eigenvalue weighted by atomic mass is 9.82. The molecule has 0 bridgehead atoms. The molecule has 0 aliphatic heterocycles. The third-order valence-electron chi connectivity index (χ3n) is 3.89. The molecular formula is C21H32N4. The zero-order chi connectivity index (χ0) is 18.7. The second-order valence-corrected chi connectivity index (χ2v) is 8.66. The summed E-state index contributed by atoms with van der Waals surface area (Å²) in [5.74, 6) is 1.51. The van der Waals surface area contributed by atoms with E-state index in [1.807, 2.05) is 18.2 Å². The quantitative estimate of drug-likeness (QED) is 0.706. The van der Waals surface area contributed by atoms with Crippen LogP contribution < -0.4 is 10.6 Å². The Morgan fingerprint density at radius 2 is 1.60 bits per heavy atom. The summed E-state index contributed by atoms with van der Waals surface area (Å²) in [4.78, 5) is 9.29. The molecular weight excluding hydrogens is 308 g/mol. The molecule has 0 amide bonds. The van der Waals surface area contributed by atoms with Crippen molar-refractivity contribution in [2.75, 3.05) is 10.6 Å². The van der Waals surface area contributed by atoms with Gasteiger partial charge in [-0.1, -0.05) is 45.4 Å². The molecule has 4 heteroatoms. The van der Waals surface area contributed by atoms with Gasteiger partial charge in [-0.3, -0.25) is 0 Å². The van der Waals surface area contributed by atoms with Crippen molar-refractivity contribution in [3.8, 4) is 0 Å². The van der Waals surface area contributed by atoms with E-state index in [1.54, 1.807) is 0 Å². The maximum Gasteiger partial charge on any atom is 0.229 e. The van der Waals surface area contributed by atoms with Crippen molar-refractivity contribution in [1.82, 2.24) is 9.97 Å². The Labute approximate surface area is 152 Å². The summed E-state index contributed by atoms with van der Waals surface area (Å²) in [7, 11) is 0. The molecule has 4 nitrogen and oxygen atoms in total. The SMILES string of the molecule is CCc1cc(NC(C)(C)CC(C)(C)C)nc(Nc2ccc(C)cc2)n1. The van der Waals surface area contributed by atoms with Gasteiger partial charge in [-0.2, -0.15) is 4.98 Å². The molecule has 2 aromatic rings. The van der Waals surface area contributed by atoms with Gasteiger partial charge in [0.2, 0.25) is 5.95 Å². The first-order valence-corrected chi connectivity index (χ1v) is 9.06. The van der Waals surface area contributed by atoms with Crippen LogP contribution in [0.1, 0.15) is 59.2 Å². The van der Waals surface area contributed by atoms with Gasteiger partial charge in [-0.05, 0) is 51.2 Å². The lowest BCUT2D eigenvalue weighted by Crippen LogP contribution is -2.35. The summed E-state index contributed by atoms with van der Waals surface area (Å²) < 4.78 is 0. The predicted octanol–water partition coefficient (Wildman–Crippen LogP) is 5.72. The van der Waals surface area contributed by atoms with E-state index < -0.39 is 0 Å². The summed E-state index contributed by atoms with van der Waals surface area (Å²) in [6.07, 6.45) is 1.92. The minimum atomic E-state index is -0.0429. The number of rotatable bonds is 6. The highest BCUT2D eigenvalue weighted by atomic mass is 15.2. The highest BCUT2D eigenvalue weighted by molar-refractivity contribution is 5.56. The monoisotopic (exact) mass is 340 g/mol. The van der Waals surface area contributed by atoms with Crippen LogP contribution in [0.15, 0.2) is 30.3 Å². The van der Waals surface area contributed by atoms with Crippen LogP contribution in [-0.2, 0) is 6.42 Å². The Bertz CT molecular complexity index is 697. The Balaban J connectivity index is 2.22. The van der Waals surface area contributed by atoms with Gasteiger partial charge in [0.05, 0.1) is 0 Å². The molecule has 1 heterocycles. The summed E-state index contributed by atoms with van der Waals surface area (Å²) in [6, 6.07) is 10.3. The fourth-order valence-corrected chi connectivity index (χ4v) is 3.28. The summed E-state index contributed by atoms with van der Waals surface area (Å²) in [5, 5.41) is 6.91. The Morgan fingerprint density at radius 1 is 0.960 bits per heavy atom. The van der Waals surface area contributed by atoms with Crippen LogP contribution in [0, 0.1) is 12.3 Å². The summed E-state index contributed by atoms with van der Waals surface area (Å²) >= 11 is 0. The fraction of sp³-hybridized carbons (Fsp3) is 0.524.